The number of fused-ring (bicyclic) bond motifs is 1. The molecule has 0 bridgehead atoms. The molecule has 0 heterocycles. The summed E-state index contributed by atoms with van der Waals surface area (Å²) in [6.07, 6.45) is 4.35. The van der Waals surface area contributed by atoms with Gasteiger partial charge >= 0.3 is 5.97 Å². The number of rotatable bonds is 2. The van der Waals surface area contributed by atoms with Crippen LogP contribution in [0.15, 0.2) is 12.1 Å². The zero-order valence-electron chi connectivity index (χ0n) is 9.49. The van der Waals surface area contributed by atoms with E-state index in [1.807, 2.05) is 12.1 Å². The molecule has 1 unspecified atom stereocenters. The molecule has 1 aromatic carbocycles. The van der Waals surface area contributed by atoms with Crippen LogP contribution in [-0.4, -0.2) is 11.1 Å². The fourth-order valence-electron chi connectivity index (χ4n) is 2.50. The number of hydrogen-bond acceptors (Lipinski definition) is 2. The fraction of sp³-hybridized carbons (Fsp3) is 0.462. The van der Waals surface area contributed by atoms with Crippen LogP contribution < -0.4 is 5.73 Å². The Balaban J connectivity index is 2.50. The van der Waals surface area contributed by atoms with Gasteiger partial charge in [0.05, 0.1) is 0 Å². The molecular weight excluding hydrogens is 202 g/mol. The number of carboxylic acid groups (broad SMARTS) is 1. The molecule has 0 amide bonds. The lowest BCUT2D eigenvalue weighted by Crippen LogP contribution is -2.23. The van der Waals surface area contributed by atoms with Crippen LogP contribution in [0.4, 0.5) is 0 Å². The van der Waals surface area contributed by atoms with Crippen molar-refractivity contribution >= 4 is 5.97 Å². The highest BCUT2D eigenvalue weighted by Crippen LogP contribution is 2.30. The van der Waals surface area contributed by atoms with E-state index in [4.69, 9.17) is 10.8 Å². The van der Waals surface area contributed by atoms with Gasteiger partial charge in [0.2, 0.25) is 0 Å². The Labute approximate surface area is 95.3 Å². The Kier molecular flexibility index (Phi) is 2.97. The highest BCUT2D eigenvalue weighted by atomic mass is 16.4. The summed E-state index contributed by atoms with van der Waals surface area (Å²) in [6.45, 7) is 2.08. The summed E-state index contributed by atoms with van der Waals surface area (Å²) in [5.74, 6) is -0.948. The topological polar surface area (TPSA) is 63.3 Å². The third-order valence-electron chi connectivity index (χ3n) is 3.41. The van der Waals surface area contributed by atoms with Crippen LogP contribution in [0.5, 0.6) is 0 Å². The van der Waals surface area contributed by atoms with Crippen LogP contribution in [0.25, 0.3) is 0 Å². The minimum atomic E-state index is -0.948. The zero-order valence-corrected chi connectivity index (χ0v) is 9.49. The van der Waals surface area contributed by atoms with Crippen LogP contribution in [0.1, 0.15) is 41.1 Å². The van der Waals surface area contributed by atoms with Gasteiger partial charge in [-0.25, -0.2) is 0 Å². The Bertz CT molecular complexity index is 426. The first-order valence-electron chi connectivity index (χ1n) is 5.71. The number of benzene rings is 1. The number of hydrogen-bond donors (Lipinski definition) is 2. The fourth-order valence-corrected chi connectivity index (χ4v) is 2.50. The predicted octanol–water partition coefficient (Wildman–Crippen LogP) is 1.96. The second-order valence-electron chi connectivity index (χ2n) is 4.45. The molecule has 16 heavy (non-hydrogen) atoms. The van der Waals surface area contributed by atoms with Gasteiger partial charge in [0.15, 0.2) is 0 Å². The molecule has 1 aliphatic rings. The van der Waals surface area contributed by atoms with Crippen LogP contribution in [0.3, 0.4) is 0 Å². The maximum Gasteiger partial charge on any atom is 0.325 e. The zero-order chi connectivity index (χ0) is 11.7. The van der Waals surface area contributed by atoms with Crippen molar-refractivity contribution < 1.29 is 9.90 Å². The van der Waals surface area contributed by atoms with Gasteiger partial charge in [0.25, 0.3) is 0 Å². The van der Waals surface area contributed by atoms with Crippen LogP contribution >= 0.6 is 0 Å². The number of aliphatic carboxylic acids is 1. The quantitative estimate of drug-likeness (QED) is 0.799. The molecule has 0 saturated carbocycles. The number of carbonyl (C=O) groups is 1. The van der Waals surface area contributed by atoms with Gasteiger partial charge in [-0.05, 0) is 54.9 Å². The summed E-state index contributed by atoms with van der Waals surface area (Å²) in [6, 6.07) is 2.98. The average Bonchev–Trinajstić information content (AvgIpc) is 2.29. The summed E-state index contributed by atoms with van der Waals surface area (Å²) < 4.78 is 0. The van der Waals surface area contributed by atoms with Crippen molar-refractivity contribution in [3.63, 3.8) is 0 Å². The molecule has 1 aromatic rings. The molecular formula is C13H17NO2. The van der Waals surface area contributed by atoms with E-state index in [0.29, 0.717) is 0 Å². The number of carboxylic acids is 1. The van der Waals surface area contributed by atoms with Crippen LogP contribution in [0, 0.1) is 6.92 Å². The summed E-state index contributed by atoms with van der Waals surface area (Å²) in [7, 11) is 0. The van der Waals surface area contributed by atoms with Crippen molar-refractivity contribution in [1.29, 1.82) is 0 Å². The highest BCUT2D eigenvalue weighted by Gasteiger charge is 2.22. The largest absolute Gasteiger partial charge is 0.480 e. The third kappa shape index (κ3) is 1.83. The molecule has 3 nitrogen and oxygen atoms in total. The molecule has 0 aromatic heterocycles. The average molecular weight is 219 g/mol. The maximum atomic E-state index is 10.9. The summed E-state index contributed by atoms with van der Waals surface area (Å²) in [5, 5.41) is 8.98. The lowest BCUT2D eigenvalue weighted by atomic mass is 9.83. The van der Waals surface area contributed by atoms with Crippen LogP contribution in [0.2, 0.25) is 0 Å². The Hall–Kier alpha value is -1.35. The van der Waals surface area contributed by atoms with E-state index in [0.717, 1.165) is 24.8 Å². The van der Waals surface area contributed by atoms with Crippen molar-refractivity contribution in [1.82, 2.24) is 0 Å². The molecule has 3 heteroatoms. The molecule has 0 radical (unpaired) electrons. The molecule has 0 spiro atoms. The van der Waals surface area contributed by atoms with Crippen molar-refractivity contribution in [2.24, 2.45) is 5.73 Å². The van der Waals surface area contributed by atoms with E-state index < -0.39 is 12.0 Å². The van der Waals surface area contributed by atoms with E-state index in [-0.39, 0.29) is 0 Å². The normalized spacial score (nSPS) is 16.6. The van der Waals surface area contributed by atoms with Crippen molar-refractivity contribution in [2.75, 3.05) is 0 Å². The van der Waals surface area contributed by atoms with Gasteiger partial charge in [-0.2, -0.15) is 0 Å². The molecule has 0 saturated heterocycles. The molecule has 2 rings (SSSR count). The Morgan fingerprint density at radius 3 is 2.56 bits per heavy atom. The predicted molar refractivity (Wildman–Crippen MR) is 62.4 cm³/mol. The minimum Gasteiger partial charge on any atom is -0.480 e. The van der Waals surface area contributed by atoms with Crippen molar-refractivity contribution in [3.8, 4) is 0 Å². The van der Waals surface area contributed by atoms with Gasteiger partial charge in [-0.1, -0.05) is 12.1 Å². The Morgan fingerprint density at radius 2 is 1.94 bits per heavy atom. The lowest BCUT2D eigenvalue weighted by Gasteiger charge is -2.23. The maximum absolute atomic E-state index is 10.9. The van der Waals surface area contributed by atoms with Crippen molar-refractivity contribution in [2.45, 2.75) is 38.6 Å². The summed E-state index contributed by atoms with van der Waals surface area (Å²) >= 11 is 0. The second-order valence-corrected chi connectivity index (χ2v) is 4.45. The lowest BCUT2D eigenvalue weighted by molar-refractivity contribution is -0.138. The first-order valence-corrected chi connectivity index (χ1v) is 5.71. The van der Waals surface area contributed by atoms with E-state index in [2.05, 4.69) is 6.92 Å². The number of nitrogens with two attached hydrogens (primary N) is 1. The number of aryl methyl sites for hydroxylation is 1. The van der Waals surface area contributed by atoms with E-state index in [9.17, 15) is 4.79 Å². The molecule has 0 fully saturated rings. The standard InChI is InChI=1S/C13H17NO2/c1-8-6-7-11(12(14)13(15)16)10-5-3-2-4-9(8)10/h6-7,12H,2-5,14H2,1H3,(H,15,16). The molecule has 0 aliphatic heterocycles. The van der Waals surface area contributed by atoms with Gasteiger partial charge in [0.1, 0.15) is 6.04 Å². The second kappa shape index (κ2) is 4.26. The van der Waals surface area contributed by atoms with Gasteiger partial charge in [0, 0.05) is 0 Å². The Morgan fingerprint density at radius 1 is 1.31 bits per heavy atom. The molecule has 1 aliphatic carbocycles. The first-order chi connectivity index (χ1) is 7.61. The van der Waals surface area contributed by atoms with Crippen LogP contribution in [-0.2, 0) is 17.6 Å². The van der Waals surface area contributed by atoms with Gasteiger partial charge in [-0.15, -0.1) is 0 Å². The monoisotopic (exact) mass is 219 g/mol. The summed E-state index contributed by atoms with van der Waals surface area (Å²) in [5.41, 5.74) is 10.3. The smallest absolute Gasteiger partial charge is 0.325 e. The molecule has 86 valence electrons. The van der Waals surface area contributed by atoms with E-state index in [1.165, 1.54) is 23.1 Å². The third-order valence-corrected chi connectivity index (χ3v) is 3.41. The first kappa shape index (κ1) is 11.1. The highest BCUT2D eigenvalue weighted by molar-refractivity contribution is 5.76. The van der Waals surface area contributed by atoms with Crippen molar-refractivity contribution in [3.05, 3.63) is 34.4 Å². The molecule has 1 atom stereocenters. The van der Waals surface area contributed by atoms with Gasteiger partial charge < -0.3 is 10.8 Å². The van der Waals surface area contributed by atoms with E-state index >= 15 is 0 Å². The molecule has 3 N–H and O–H groups in total. The van der Waals surface area contributed by atoms with E-state index in [1.54, 1.807) is 0 Å². The minimum absolute atomic E-state index is 0.799. The van der Waals surface area contributed by atoms with Gasteiger partial charge in [-0.3, -0.25) is 4.79 Å². The SMILES string of the molecule is Cc1ccc(C(N)C(=O)O)c2c1CCCC2. The summed E-state index contributed by atoms with van der Waals surface area (Å²) in [4.78, 5) is 10.9.